The Morgan fingerprint density at radius 2 is 1.38 bits per heavy atom. The van der Waals surface area contributed by atoms with Gasteiger partial charge in [0.25, 0.3) is 0 Å². The first-order chi connectivity index (χ1) is 19.6. The van der Waals surface area contributed by atoms with Crippen LogP contribution in [0.4, 0.5) is 11.4 Å². The minimum Gasteiger partial charge on any atom is -0.507 e. The molecule has 2 aliphatic heterocycles. The van der Waals surface area contributed by atoms with Gasteiger partial charge in [-0.25, -0.2) is 9.98 Å². The molecular formula is C34H24N2O2S2. The van der Waals surface area contributed by atoms with Gasteiger partial charge in [0.1, 0.15) is 27.4 Å². The Hall–Kier alpha value is -4.26. The second kappa shape index (κ2) is 10.0. The Balaban J connectivity index is 1.58. The zero-order chi connectivity index (χ0) is 27.2. The number of aliphatic hydroxyl groups excluding tert-OH is 1. The normalized spacial score (nSPS) is 14.5. The second-order valence-electron chi connectivity index (χ2n) is 9.55. The van der Waals surface area contributed by atoms with E-state index < -0.39 is 0 Å². The summed E-state index contributed by atoms with van der Waals surface area (Å²) in [6.07, 6.45) is 5.47. The molecule has 4 nitrogen and oxygen atoms in total. The van der Waals surface area contributed by atoms with Crippen molar-refractivity contribution in [3.8, 4) is 11.3 Å². The van der Waals surface area contributed by atoms with Gasteiger partial charge in [0, 0.05) is 42.8 Å². The highest BCUT2D eigenvalue weighted by atomic mass is 32.2. The molecule has 0 radical (unpaired) electrons. The molecule has 40 heavy (non-hydrogen) atoms. The molecule has 0 spiro atoms. The van der Waals surface area contributed by atoms with Crippen molar-refractivity contribution in [2.24, 2.45) is 9.98 Å². The number of aryl methyl sites for hydroxylation is 1. The van der Waals surface area contributed by atoms with Gasteiger partial charge in [0.05, 0.1) is 11.4 Å². The third-order valence-corrected chi connectivity index (χ3v) is 9.01. The van der Waals surface area contributed by atoms with Gasteiger partial charge in [-0.15, -0.1) is 0 Å². The maximum Gasteiger partial charge on any atom is 0.136 e. The average Bonchev–Trinajstić information content (AvgIpc) is 3.44. The van der Waals surface area contributed by atoms with Gasteiger partial charge >= 0.3 is 0 Å². The van der Waals surface area contributed by atoms with Crippen LogP contribution < -0.4 is 0 Å². The van der Waals surface area contributed by atoms with Crippen molar-refractivity contribution < 1.29 is 9.52 Å². The van der Waals surface area contributed by atoms with Crippen LogP contribution in [0.5, 0.6) is 0 Å². The maximum atomic E-state index is 11.3. The van der Waals surface area contributed by atoms with Gasteiger partial charge in [-0.05, 0) is 44.2 Å². The fraction of sp³-hybridized carbons (Fsp3) is 0.0588. The number of nitrogens with zero attached hydrogens (tertiary/aromatic N) is 2. The topological polar surface area (TPSA) is 58.1 Å². The monoisotopic (exact) mass is 556 g/mol. The van der Waals surface area contributed by atoms with Gasteiger partial charge in [-0.2, -0.15) is 0 Å². The van der Waals surface area contributed by atoms with Crippen LogP contribution in [-0.2, 0) is 0 Å². The molecule has 6 heteroatoms. The number of furan rings is 1. The Labute approximate surface area is 240 Å². The van der Waals surface area contributed by atoms with Crippen LogP contribution in [0.2, 0.25) is 0 Å². The van der Waals surface area contributed by atoms with Crippen molar-refractivity contribution >= 4 is 61.5 Å². The molecular weight excluding hydrogens is 533 g/mol. The summed E-state index contributed by atoms with van der Waals surface area (Å²) in [5, 5.41) is 15.1. The Kier molecular flexibility index (Phi) is 6.22. The number of hydrogen-bond acceptors (Lipinski definition) is 6. The van der Waals surface area contributed by atoms with Gasteiger partial charge in [-0.3, -0.25) is 0 Å². The summed E-state index contributed by atoms with van der Waals surface area (Å²) in [6.45, 7) is 3.89. The number of benzene rings is 4. The van der Waals surface area contributed by atoms with E-state index in [4.69, 9.17) is 14.4 Å². The van der Waals surface area contributed by atoms with E-state index in [0.717, 1.165) is 70.2 Å². The summed E-state index contributed by atoms with van der Waals surface area (Å²) in [6, 6.07) is 28.6. The molecule has 0 atom stereocenters. The molecule has 7 rings (SSSR count). The molecule has 1 aromatic heterocycles. The first-order valence-corrected chi connectivity index (χ1v) is 14.6. The first-order valence-electron chi connectivity index (χ1n) is 13.0. The third-order valence-electron chi connectivity index (χ3n) is 6.89. The summed E-state index contributed by atoms with van der Waals surface area (Å²) >= 11 is 3.26. The van der Waals surface area contributed by atoms with Gasteiger partial charge in [-0.1, -0.05) is 96.3 Å². The van der Waals surface area contributed by atoms with Crippen molar-refractivity contribution in [3.05, 3.63) is 126 Å². The first kappa shape index (κ1) is 24.8. The summed E-state index contributed by atoms with van der Waals surface area (Å²) in [5.41, 5.74) is 5.34. The second-order valence-corrected chi connectivity index (χ2v) is 11.6. The van der Waals surface area contributed by atoms with Crippen molar-refractivity contribution in [3.63, 3.8) is 0 Å². The molecule has 5 aromatic rings. The van der Waals surface area contributed by atoms with Crippen molar-refractivity contribution in [1.82, 2.24) is 0 Å². The zero-order valence-corrected chi connectivity index (χ0v) is 23.5. The lowest BCUT2D eigenvalue weighted by Crippen LogP contribution is -2.06. The van der Waals surface area contributed by atoms with Crippen LogP contribution in [0.3, 0.4) is 0 Å². The third kappa shape index (κ3) is 4.21. The molecule has 0 saturated carbocycles. The Bertz CT molecular complexity index is 1920. The maximum absolute atomic E-state index is 11.3. The molecule has 4 aromatic carbocycles. The highest BCUT2D eigenvalue weighted by molar-refractivity contribution is 8.15. The van der Waals surface area contributed by atoms with Crippen molar-refractivity contribution in [1.29, 1.82) is 0 Å². The van der Waals surface area contributed by atoms with E-state index in [2.05, 4.69) is 36.4 Å². The van der Waals surface area contributed by atoms with Gasteiger partial charge < -0.3 is 9.52 Å². The highest BCUT2D eigenvalue weighted by Crippen LogP contribution is 2.56. The molecule has 1 N–H and O–H groups in total. The number of thioether (sulfide) groups is 2. The molecule has 0 fully saturated rings. The number of allylic oxidation sites excluding steroid dienone is 3. The summed E-state index contributed by atoms with van der Waals surface area (Å²) in [5.74, 6) is 1.81. The predicted molar refractivity (Wildman–Crippen MR) is 169 cm³/mol. The van der Waals surface area contributed by atoms with E-state index >= 15 is 0 Å². The van der Waals surface area contributed by atoms with E-state index in [1.165, 1.54) is 0 Å². The fourth-order valence-corrected chi connectivity index (χ4v) is 7.18. The molecule has 0 bridgehead atoms. The van der Waals surface area contributed by atoms with Crippen molar-refractivity contribution in [2.75, 3.05) is 0 Å². The lowest BCUT2D eigenvalue weighted by molar-refractivity contribution is 0.512. The zero-order valence-electron chi connectivity index (χ0n) is 21.9. The average molecular weight is 557 g/mol. The van der Waals surface area contributed by atoms with E-state index in [9.17, 15) is 5.11 Å². The van der Waals surface area contributed by atoms with E-state index in [1.54, 1.807) is 29.6 Å². The molecule has 0 saturated heterocycles. The lowest BCUT2D eigenvalue weighted by atomic mass is 9.96. The standard InChI is InChI=1S/C34H24N2O2S2/c1-3-4-15-25(37)23-18-27-30-29-28(40-33(35-31(23)29)21-11-7-5-8-12-21)19-24(26-17-16-20(2)38-26)32(30)36-34(39-27)22-13-9-6-10-14-22/h3-19,37H,1-2H3/b4-3+,25-15-. The van der Waals surface area contributed by atoms with Crippen LogP contribution in [-0.4, -0.2) is 15.2 Å². The Morgan fingerprint density at radius 3 is 1.98 bits per heavy atom. The molecule has 0 unspecified atom stereocenters. The van der Waals surface area contributed by atoms with Crippen LogP contribution in [0, 0.1) is 6.92 Å². The number of hydrogen-bond donors (Lipinski definition) is 1. The smallest absolute Gasteiger partial charge is 0.136 e. The molecule has 0 aliphatic carbocycles. The fourth-order valence-electron chi connectivity index (χ4n) is 5.03. The molecule has 0 amide bonds. The summed E-state index contributed by atoms with van der Waals surface area (Å²) < 4.78 is 6.16. The van der Waals surface area contributed by atoms with Crippen LogP contribution >= 0.6 is 23.5 Å². The molecule has 194 valence electrons. The Morgan fingerprint density at radius 1 is 0.775 bits per heavy atom. The SMILES string of the molecule is C/C=C/C=C(\O)c1cc2c3c(c(-c4ccc(C)o4)cc4c3c1N=C(c1ccccc1)S4)N=C(c1ccccc1)S2. The largest absolute Gasteiger partial charge is 0.507 e. The molecule has 2 aliphatic rings. The minimum atomic E-state index is 0.178. The van der Waals surface area contributed by atoms with Crippen LogP contribution in [0.25, 0.3) is 27.9 Å². The number of aliphatic hydroxyl groups is 1. The van der Waals surface area contributed by atoms with E-state index in [1.807, 2.05) is 74.5 Å². The minimum absolute atomic E-state index is 0.178. The van der Waals surface area contributed by atoms with E-state index in [0.29, 0.717) is 5.56 Å². The highest BCUT2D eigenvalue weighted by Gasteiger charge is 2.30. The summed E-state index contributed by atoms with van der Waals surface area (Å²) in [7, 11) is 0. The van der Waals surface area contributed by atoms with Crippen LogP contribution in [0.1, 0.15) is 29.4 Å². The summed E-state index contributed by atoms with van der Waals surface area (Å²) in [4.78, 5) is 12.5. The lowest BCUT2D eigenvalue weighted by Gasteiger charge is -2.26. The van der Waals surface area contributed by atoms with Crippen molar-refractivity contribution in [2.45, 2.75) is 23.6 Å². The predicted octanol–water partition coefficient (Wildman–Crippen LogP) is 10.3. The van der Waals surface area contributed by atoms with E-state index in [-0.39, 0.29) is 5.76 Å². The quantitative estimate of drug-likeness (QED) is 0.173. The van der Waals surface area contributed by atoms with Gasteiger partial charge in [0.2, 0.25) is 0 Å². The molecule has 3 heterocycles. The number of rotatable bonds is 5. The van der Waals surface area contributed by atoms with Gasteiger partial charge in [0.15, 0.2) is 0 Å². The number of aliphatic imine (C=N–C) groups is 2. The van der Waals surface area contributed by atoms with Crippen LogP contribution in [0.15, 0.2) is 127 Å².